The first-order valence-electron chi connectivity index (χ1n) is 9.00. The predicted octanol–water partition coefficient (Wildman–Crippen LogP) is 3.97. The fourth-order valence-corrected chi connectivity index (χ4v) is 3.49. The molecule has 1 heterocycles. The van der Waals surface area contributed by atoms with Crippen LogP contribution < -0.4 is 10.6 Å². The zero-order chi connectivity index (χ0) is 17.6. The van der Waals surface area contributed by atoms with Crippen LogP contribution >= 0.6 is 0 Å². The first-order chi connectivity index (χ1) is 12.1. The highest BCUT2D eigenvalue weighted by Gasteiger charge is 2.26. The van der Waals surface area contributed by atoms with Gasteiger partial charge in [-0.15, -0.1) is 0 Å². The molecule has 1 amide bonds. The normalized spacial score (nSPS) is 18.7. The standard InChI is InChI=1S/C21H27N3O/c1-16(22-20-8-10-21(11-9-20)23-17(2)25)19-12-13-24(15-19)14-18-6-4-3-5-7-18/h3-11,16,19,22H,12-15H2,1-2H3,(H,23,25)/t16-,19+/m1/s1. The van der Waals surface area contributed by atoms with Gasteiger partial charge in [0.15, 0.2) is 0 Å². The third kappa shape index (κ3) is 5.07. The summed E-state index contributed by atoms with van der Waals surface area (Å²) in [6.45, 7) is 7.11. The lowest BCUT2D eigenvalue weighted by Crippen LogP contribution is -2.29. The molecule has 25 heavy (non-hydrogen) atoms. The molecule has 2 N–H and O–H groups in total. The lowest BCUT2D eigenvalue weighted by atomic mass is 10.0. The minimum atomic E-state index is -0.0430. The third-order valence-electron chi connectivity index (χ3n) is 4.86. The molecule has 2 aromatic rings. The minimum Gasteiger partial charge on any atom is -0.382 e. The number of likely N-dealkylation sites (tertiary alicyclic amines) is 1. The lowest BCUT2D eigenvalue weighted by Gasteiger charge is -2.23. The first kappa shape index (κ1) is 17.5. The molecule has 0 saturated carbocycles. The summed E-state index contributed by atoms with van der Waals surface area (Å²) < 4.78 is 0. The number of carbonyl (C=O) groups excluding carboxylic acids is 1. The van der Waals surface area contributed by atoms with Crippen LogP contribution in [0.5, 0.6) is 0 Å². The van der Waals surface area contributed by atoms with Gasteiger partial charge in [0.2, 0.25) is 5.91 Å². The van der Waals surface area contributed by atoms with Crippen molar-refractivity contribution in [2.75, 3.05) is 23.7 Å². The second kappa shape index (κ2) is 8.17. The fraction of sp³-hybridized carbons (Fsp3) is 0.381. The van der Waals surface area contributed by atoms with Gasteiger partial charge in [0.05, 0.1) is 0 Å². The van der Waals surface area contributed by atoms with Crippen molar-refractivity contribution < 1.29 is 4.79 Å². The van der Waals surface area contributed by atoms with Crippen molar-refractivity contribution in [2.24, 2.45) is 5.92 Å². The van der Waals surface area contributed by atoms with Gasteiger partial charge in [0, 0.05) is 37.4 Å². The molecule has 132 valence electrons. The number of nitrogens with one attached hydrogen (secondary N) is 2. The van der Waals surface area contributed by atoms with Gasteiger partial charge in [0.1, 0.15) is 0 Å². The summed E-state index contributed by atoms with van der Waals surface area (Å²) in [5, 5.41) is 6.41. The molecule has 0 radical (unpaired) electrons. The second-order valence-electron chi connectivity index (χ2n) is 6.96. The summed E-state index contributed by atoms with van der Waals surface area (Å²) in [7, 11) is 0. The maximum absolute atomic E-state index is 11.1. The quantitative estimate of drug-likeness (QED) is 0.838. The van der Waals surface area contributed by atoms with Gasteiger partial charge in [-0.05, 0) is 55.6 Å². The zero-order valence-electron chi connectivity index (χ0n) is 15.0. The van der Waals surface area contributed by atoms with E-state index < -0.39 is 0 Å². The van der Waals surface area contributed by atoms with Gasteiger partial charge < -0.3 is 10.6 Å². The average Bonchev–Trinajstić information content (AvgIpc) is 3.06. The van der Waals surface area contributed by atoms with Crippen molar-refractivity contribution in [3.05, 3.63) is 60.2 Å². The number of amides is 1. The van der Waals surface area contributed by atoms with E-state index >= 15 is 0 Å². The third-order valence-corrected chi connectivity index (χ3v) is 4.86. The molecule has 0 bridgehead atoms. The molecule has 3 rings (SSSR count). The summed E-state index contributed by atoms with van der Waals surface area (Å²) in [6, 6.07) is 19.0. The highest BCUT2D eigenvalue weighted by atomic mass is 16.1. The molecule has 0 aliphatic carbocycles. The molecule has 0 unspecified atom stereocenters. The smallest absolute Gasteiger partial charge is 0.221 e. The van der Waals surface area contributed by atoms with Crippen molar-refractivity contribution in [3.63, 3.8) is 0 Å². The molecule has 1 saturated heterocycles. The van der Waals surface area contributed by atoms with Crippen molar-refractivity contribution >= 4 is 17.3 Å². The molecular formula is C21H27N3O. The Labute approximate surface area is 150 Å². The van der Waals surface area contributed by atoms with Gasteiger partial charge in [-0.2, -0.15) is 0 Å². The summed E-state index contributed by atoms with van der Waals surface area (Å²) >= 11 is 0. The Morgan fingerprint density at radius 3 is 2.48 bits per heavy atom. The van der Waals surface area contributed by atoms with Crippen LogP contribution in [0.1, 0.15) is 25.8 Å². The van der Waals surface area contributed by atoms with E-state index in [1.165, 1.54) is 18.9 Å². The van der Waals surface area contributed by atoms with Crippen molar-refractivity contribution in [3.8, 4) is 0 Å². The van der Waals surface area contributed by atoms with Gasteiger partial charge in [0.25, 0.3) is 0 Å². The van der Waals surface area contributed by atoms with Gasteiger partial charge in [-0.25, -0.2) is 0 Å². The van der Waals surface area contributed by atoms with Gasteiger partial charge >= 0.3 is 0 Å². The van der Waals surface area contributed by atoms with E-state index in [-0.39, 0.29) is 5.91 Å². The number of benzene rings is 2. The van der Waals surface area contributed by atoms with Crippen LogP contribution in [0.3, 0.4) is 0 Å². The molecule has 1 aliphatic heterocycles. The van der Waals surface area contributed by atoms with E-state index in [9.17, 15) is 4.79 Å². The van der Waals surface area contributed by atoms with Gasteiger partial charge in [-0.3, -0.25) is 9.69 Å². The minimum absolute atomic E-state index is 0.0430. The average molecular weight is 337 g/mol. The van der Waals surface area contributed by atoms with Crippen LogP contribution in [0, 0.1) is 5.92 Å². The van der Waals surface area contributed by atoms with Crippen molar-refractivity contribution in [1.29, 1.82) is 0 Å². The summed E-state index contributed by atoms with van der Waals surface area (Å²) in [5.41, 5.74) is 3.32. The molecule has 0 aromatic heterocycles. The van der Waals surface area contributed by atoms with Crippen molar-refractivity contribution in [1.82, 2.24) is 4.90 Å². The van der Waals surface area contributed by atoms with E-state index in [0.717, 1.165) is 31.0 Å². The lowest BCUT2D eigenvalue weighted by molar-refractivity contribution is -0.114. The summed E-state index contributed by atoms with van der Waals surface area (Å²) in [5.74, 6) is 0.609. The molecule has 4 heteroatoms. The highest BCUT2D eigenvalue weighted by Crippen LogP contribution is 2.24. The number of carbonyl (C=O) groups is 1. The van der Waals surface area contributed by atoms with Crippen LogP contribution in [0.2, 0.25) is 0 Å². The Hall–Kier alpha value is -2.33. The number of nitrogens with zero attached hydrogens (tertiary/aromatic N) is 1. The van der Waals surface area contributed by atoms with E-state index in [0.29, 0.717) is 12.0 Å². The van der Waals surface area contributed by atoms with Crippen LogP contribution in [0.4, 0.5) is 11.4 Å². The number of hydrogen-bond acceptors (Lipinski definition) is 3. The highest BCUT2D eigenvalue weighted by molar-refractivity contribution is 5.88. The van der Waals surface area contributed by atoms with E-state index in [4.69, 9.17) is 0 Å². The van der Waals surface area contributed by atoms with Crippen LogP contribution in [0.15, 0.2) is 54.6 Å². The van der Waals surface area contributed by atoms with E-state index in [1.807, 2.05) is 24.3 Å². The predicted molar refractivity (Wildman–Crippen MR) is 104 cm³/mol. The Morgan fingerprint density at radius 2 is 1.80 bits per heavy atom. The van der Waals surface area contributed by atoms with Crippen LogP contribution in [-0.4, -0.2) is 29.9 Å². The molecule has 4 nitrogen and oxygen atoms in total. The van der Waals surface area contributed by atoms with Crippen LogP contribution in [0.25, 0.3) is 0 Å². The van der Waals surface area contributed by atoms with Gasteiger partial charge in [-0.1, -0.05) is 30.3 Å². The Bertz CT molecular complexity index is 684. The maximum Gasteiger partial charge on any atom is 0.221 e. The van der Waals surface area contributed by atoms with Crippen LogP contribution in [-0.2, 0) is 11.3 Å². The number of rotatable bonds is 6. The molecular weight excluding hydrogens is 310 g/mol. The molecule has 0 spiro atoms. The Kier molecular flexibility index (Phi) is 5.71. The maximum atomic E-state index is 11.1. The fourth-order valence-electron chi connectivity index (χ4n) is 3.49. The first-order valence-corrected chi connectivity index (χ1v) is 9.00. The Balaban J connectivity index is 1.50. The van der Waals surface area contributed by atoms with E-state index in [2.05, 4.69) is 52.8 Å². The van der Waals surface area contributed by atoms with E-state index in [1.54, 1.807) is 0 Å². The second-order valence-corrected chi connectivity index (χ2v) is 6.96. The van der Waals surface area contributed by atoms with Crippen molar-refractivity contribution in [2.45, 2.75) is 32.9 Å². The monoisotopic (exact) mass is 337 g/mol. The topological polar surface area (TPSA) is 44.4 Å². The number of hydrogen-bond donors (Lipinski definition) is 2. The number of anilines is 2. The zero-order valence-corrected chi connectivity index (χ0v) is 15.0. The SMILES string of the molecule is CC(=O)Nc1ccc(N[C@H](C)[C@H]2CCN(Cc3ccccc3)C2)cc1. The molecule has 2 aromatic carbocycles. The molecule has 2 atom stereocenters. The molecule has 1 aliphatic rings. The summed E-state index contributed by atoms with van der Waals surface area (Å²) in [6.07, 6.45) is 1.23. The summed E-state index contributed by atoms with van der Waals surface area (Å²) in [4.78, 5) is 13.6. The Morgan fingerprint density at radius 1 is 1.12 bits per heavy atom. The largest absolute Gasteiger partial charge is 0.382 e. The molecule has 1 fully saturated rings.